The SMILES string of the molecule is CN1CCN(c2cnc(C(N)=O)c(Nc3ccc(C4CCNCC4)cc3)n2)CC1.Cl.Cl. The van der Waals surface area contributed by atoms with Crippen LogP contribution < -0.4 is 21.3 Å². The number of rotatable bonds is 5. The molecule has 0 unspecified atom stereocenters. The Kier molecular flexibility index (Phi) is 9.31. The van der Waals surface area contributed by atoms with E-state index in [9.17, 15) is 4.79 Å². The van der Waals surface area contributed by atoms with Crippen molar-refractivity contribution in [2.24, 2.45) is 5.73 Å². The van der Waals surface area contributed by atoms with Crippen LogP contribution in [0.4, 0.5) is 17.3 Å². The van der Waals surface area contributed by atoms with E-state index in [0.29, 0.717) is 11.7 Å². The van der Waals surface area contributed by atoms with Gasteiger partial charge in [0.15, 0.2) is 11.5 Å². The number of primary amides is 1. The van der Waals surface area contributed by atoms with Gasteiger partial charge in [-0.3, -0.25) is 4.79 Å². The van der Waals surface area contributed by atoms with Gasteiger partial charge in [-0.15, -0.1) is 24.8 Å². The molecule has 4 rings (SSSR count). The molecule has 0 spiro atoms. The smallest absolute Gasteiger partial charge is 0.271 e. The fourth-order valence-electron chi connectivity index (χ4n) is 3.97. The van der Waals surface area contributed by atoms with Gasteiger partial charge in [-0.1, -0.05) is 12.1 Å². The van der Waals surface area contributed by atoms with E-state index in [1.54, 1.807) is 6.20 Å². The zero-order valence-electron chi connectivity index (χ0n) is 17.7. The summed E-state index contributed by atoms with van der Waals surface area (Å²) in [5, 5.41) is 6.65. The topological polar surface area (TPSA) is 99.4 Å². The van der Waals surface area contributed by atoms with Crippen molar-refractivity contribution in [1.82, 2.24) is 20.2 Å². The molecule has 0 radical (unpaired) electrons. The number of likely N-dealkylation sites (N-methyl/N-ethyl adjacent to an activating group) is 1. The second kappa shape index (κ2) is 11.5. The summed E-state index contributed by atoms with van der Waals surface area (Å²) in [6.45, 7) is 5.85. The molecule has 8 nitrogen and oxygen atoms in total. The zero-order chi connectivity index (χ0) is 20.2. The molecule has 0 saturated carbocycles. The highest BCUT2D eigenvalue weighted by molar-refractivity contribution is 5.96. The molecule has 1 aromatic heterocycles. The maximum Gasteiger partial charge on any atom is 0.271 e. The lowest BCUT2D eigenvalue weighted by Gasteiger charge is -2.33. The highest BCUT2D eigenvalue weighted by Crippen LogP contribution is 2.27. The number of anilines is 3. The first-order valence-electron chi connectivity index (χ1n) is 10.3. The lowest BCUT2D eigenvalue weighted by atomic mass is 9.90. The molecule has 170 valence electrons. The van der Waals surface area contributed by atoms with Gasteiger partial charge in [0.2, 0.25) is 0 Å². The largest absolute Gasteiger partial charge is 0.364 e. The Morgan fingerprint density at radius 1 is 1.10 bits per heavy atom. The minimum Gasteiger partial charge on any atom is -0.364 e. The van der Waals surface area contributed by atoms with E-state index in [0.717, 1.165) is 63.6 Å². The molecule has 31 heavy (non-hydrogen) atoms. The third kappa shape index (κ3) is 6.20. The van der Waals surface area contributed by atoms with Crippen molar-refractivity contribution in [3.63, 3.8) is 0 Å². The summed E-state index contributed by atoms with van der Waals surface area (Å²) in [5.74, 6) is 1.18. The molecular formula is C21H31Cl2N7O. The Hall–Kier alpha value is -2.13. The average Bonchev–Trinajstić information content (AvgIpc) is 2.75. The Morgan fingerprint density at radius 2 is 1.74 bits per heavy atom. The van der Waals surface area contributed by atoms with E-state index < -0.39 is 5.91 Å². The first-order valence-corrected chi connectivity index (χ1v) is 10.3. The van der Waals surface area contributed by atoms with Crippen molar-refractivity contribution in [3.05, 3.63) is 41.7 Å². The van der Waals surface area contributed by atoms with E-state index in [1.165, 1.54) is 5.56 Å². The zero-order valence-corrected chi connectivity index (χ0v) is 19.3. The van der Waals surface area contributed by atoms with E-state index >= 15 is 0 Å². The van der Waals surface area contributed by atoms with Crippen LogP contribution in [0.25, 0.3) is 0 Å². The first-order chi connectivity index (χ1) is 14.1. The summed E-state index contributed by atoms with van der Waals surface area (Å²) in [5.41, 5.74) is 7.91. The molecule has 2 aliphatic rings. The van der Waals surface area contributed by atoms with Crippen molar-refractivity contribution < 1.29 is 4.79 Å². The summed E-state index contributed by atoms with van der Waals surface area (Å²) in [7, 11) is 2.11. The Labute approximate surface area is 195 Å². The number of nitrogens with one attached hydrogen (secondary N) is 2. The Morgan fingerprint density at radius 3 is 2.35 bits per heavy atom. The monoisotopic (exact) mass is 467 g/mol. The summed E-state index contributed by atoms with van der Waals surface area (Å²) in [6.07, 6.45) is 3.96. The summed E-state index contributed by atoms with van der Waals surface area (Å²) >= 11 is 0. The third-order valence-electron chi connectivity index (χ3n) is 5.80. The minimum absolute atomic E-state index is 0. The normalized spacial score (nSPS) is 17.4. The van der Waals surface area contributed by atoms with Crippen molar-refractivity contribution in [3.8, 4) is 0 Å². The summed E-state index contributed by atoms with van der Waals surface area (Å²) in [4.78, 5) is 25.3. The van der Waals surface area contributed by atoms with E-state index in [2.05, 4.69) is 49.6 Å². The van der Waals surface area contributed by atoms with Gasteiger partial charge < -0.3 is 26.2 Å². The number of amides is 1. The number of aromatic nitrogens is 2. The lowest BCUT2D eigenvalue weighted by molar-refractivity contribution is 0.0996. The molecule has 0 atom stereocenters. The second-order valence-electron chi connectivity index (χ2n) is 7.85. The number of nitrogens with zero attached hydrogens (tertiary/aromatic N) is 4. The number of benzene rings is 1. The van der Waals surface area contributed by atoms with Gasteiger partial charge >= 0.3 is 0 Å². The van der Waals surface area contributed by atoms with Crippen molar-refractivity contribution >= 4 is 48.0 Å². The molecule has 3 heterocycles. The van der Waals surface area contributed by atoms with Crippen LogP contribution in [-0.2, 0) is 0 Å². The maximum atomic E-state index is 11.9. The first kappa shape index (κ1) is 25.1. The van der Waals surface area contributed by atoms with Crippen molar-refractivity contribution in [2.75, 3.05) is 56.5 Å². The number of piperazine rings is 1. The molecule has 2 fully saturated rings. The molecule has 10 heteroatoms. The van der Waals surface area contributed by atoms with Gasteiger partial charge in [0.1, 0.15) is 5.82 Å². The number of hydrogen-bond donors (Lipinski definition) is 3. The summed E-state index contributed by atoms with van der Waals surface area (Å²) < 4.78 is 0. The van der Waals surface area contributed by atoms with Crippen LogP contribution in [0.3, 0.4) is 0 Å². The number of hydrogen-bond acceptors (Lipinski definition) is 7. The van der Waals surface area contributed by atoms with Crippen LogP contribution >= 0.6 is 24.8 Å². The number of nitrogens with two attached hydrogens (primary N) is 1. The average molecular weight is 468 g/mol. The fraction of sp³-hybridized carbons (Fsp3) is 0.476. The van der Waals surface area contributed by atoms with Crippen molar-refractivity contribution in [1.29, 1.82) is 0 Å². The van der Waals surface area contributed by atoms with Crippen LogP contribution in [0.1, 0.15) is 34.8 Å². The van der Waals surface area contributed by atoms with Crippen molar-refractivity contribution in [2.45, 2.75) is 18.8 Å². The summed E-state index contributed by atoms with van der Waals surface area (Å²) in [6, 6.07) is 8.37. The fourth-order valence-corrected chi connectivity index (χ4v) is 3.97. The number of carbonyl (C=O) groups excluding carboxylic acids is 1. The highest BCUT2D eigenvalue weighted by atomic mass is 35.5. The number of piperidine rings is 1. The van der Waals surface area contributed by atoms with Gasteiger partial charge in [0.05, 0.1) is 6.20 Å². The van der Waals surface area contributed by atoms with E-state index in [4.69, 9.17) is 5.73 Å². The second-order valence-corrected chi connectivity index (χ2v) is 7.85. The van der Waals surface area contributed by atoms with E-state index in [-0.39, 0.29) is 30.5 Å². The number of halogens is 2. The van der Waals surface area contributed by atoms with Gasteiger partial charge in [-0.05, 0) is 56.6 Å². The highest BCUT2D eigenvalue weighted by Gasteiger charge is 2.20. The standard InChI is InChI=1S/C21H29N7O.2ClH/c1-27-10-12-28(13-11-27)18-14-24-19(20(22)29)21(26-18)25-17-4-2-15(3-5-17)16-6-8-23-9-7-16;;/h2-5,14,16,23H,6-13H2,1H3,(H2,22,29)(H,25,26);2*1H. The molecule has 0 bridgehead atoms. The third-order valence-corrected chi connectivity index (χ3v) is 5.80. The lowest BCUT2D eigenvalue weighted by Crippen LogP contribution is -2.45. The predicted octanol–water partition coefficient (Wildman–Crippen LogP) is 2.38. The van der Waals surface area contributed by atoms with Crippen LogP contribution in [0.15, 0.2) is 30.5 Å². The molecule has 1 aromatic carbocycles. The van der Waals surface area contributed by atoms with Crippen LogP contribution in [0, 0.1) is 0 Å². The van der Waals surface area contributed by atoms with Gasteiger partial charge in [-0.25, -0.2) is 9.97 Å². The number of carbonyl (C=O) groups is 1. The Bertz CT molecular complexity index is 851. The minimum atomic E-state index is -0.587. The van der Waals surface area contributed by atoms with Gasteiger partial charge in [-0.2, -0.15) is 0 Å². The van der Waals surface area contributed by atoms with Crippen LogP contribution in [0.2, 0.25) is 0 Å². The molecule has 2 aromatic rings. The molecule has 0 aliphatic carbocycles. The molecular weight excluding hydrogens is 437 g/mol. The van der Waals surface area contributed by atoms with E-state index in [1.807, 2.05) is 12.1 Å². The molecule has 2 aliphatic heterocycles. The maximum absolute atomic E-state index is 11.9. The van der Waals surface area contributed by atoms with Crippen LogP contribution in [-0.4, -0.2) is 67.1 Å². The molecule has 1 amide bonds. The van der Waals surface area contributed by atoms with Crippen LogP contribution in [0.5, 0.6) is 0 Å². The van der Waals surface area contributed by atoms with Gasteiger partial charge in [0, 0.05) is 31.9 Å². The quantitative estimate of drug-likeness (QED) is 0.620. The molecule has 4 N–H and O–H groups in total. The van der Waals surface area contributed by atoms with Gasteiger partial charge in [0.25, 0.3) is 5.91 Å². The molecule has 2 saturated heterocycles. The Balaban J connectivity index is 0.00000171. The predicted molar refractivity (Wildman–Crippen MR) is 129 cm³/mol.